The molecule has 0 saturated heterocycles. The van der Waals surface area contributed by atoms with Crippen LogP contribution in [0.4, 0.5) is 11.8 Å². The molecule has 3 N–H and O–H groups in total. The van der Waals surface area contributed by atoms with Gasteiger partial charge in [0.05, 0.1) is 26.0 Å². The first-order chi connectivity index (χ1) is 13.6. The molecule has 0 aromatic carbocycles. The molecule has 10 nitrogen and oxygen atoms in total. The Hall–Kier alpha value is -2.21. The molecule has 2 aromatic rings. The maximum atomic E-state index is 10.8. The summed E-state index contributed by atoms with van der Waals surface area (Å²) in [7, 11) is -2.90. The highest BCUT2D eigenvalue weighted by Crippen LogP contribution is 2.42. The van der Waals surface area contributed by atoms with E-state index in [1.165, 1.54) is 0 Å². The van der Waals surface area contributed by atoms with Crippen LogP contribution in [0.2, 0.25) is 5.15 Å². The molecule has 3 heterocycles. The molecule has 0 bridgehead atoms. The summed E-state index contributed by atoms with van der Waals surface area (Å²) < 4.78 is 40.4. The lowest BCUT2D eigenvalue weighted by Crippen LogP contribution is -2.24. The highest BCUT2D eigenvalue weighted by atomic mass is 35.5. The highest BCUT2D eigenvalue weighted by Gasteiger charge is 2.34. The number of aryl methyl sites for hydroxylation is 1. The van der Waals surface area contributed by atoms with Gasteiger partial charge in [0.25, 0.3) is 0 Å². The topological polar surface area (TPSA) is 141 Å². The van der Waals surface area contributed by atoms with E-state index in [1.807, 2.05) is 18.7 Å². The molecule has 0 aliphatic carbocycles. The van der Waals surface area contributed by atoms with Gasteiger partial charge in [0.2, 0.25) is 5.95 Å². The summed E-state index contributed by atoms with van der Waals surface area (Å²) in [4.78, 5) is 14.8. The molecule has 0 radical (unpaired) electrons. The molecule has 0 saturated carbocycles. The van der Waals surface area contributed by atoms with Crippen molar-refractivity contribution in [3.8, 4) is 5.75 Å². The summed E-state index contributed by atoms with van der Waals surface area (Å²) >= 11 is 6.30. The van der Waals surface area contributed by atoms with Crippen LogP contribution in [0.3, 0.4) is 0 Å². The minimum atomic E-state index is -4.51. The third kappa shape index (κ3) is 4.69. The molecule has 0 spiro atoms. The average Bonchev–Trinajstić information content (AvgIpc) is 2.94. The van der Waals surface area contributed by atoms with E-state index in [4.69, 9.17) is 26.6 Å². The number of aromatic nitrogens is 3. The van der Waals surface area contributed by atoms with Gasteiger partial charge in [-0.05, 0) is 20.3 Å². The second-order valence-electron chi connectivity index (χ2n) is 6.77. The molecule has 0 fully saturated rings. The first-order valence-electron chi connectivity index (χ1n) is 8.79. The van der Waals surface area contributed by atoms with Gasteiger partial charge < -0.3 is 15.4 Å². The molecule has 29 heavy (non-hydrogen) atoms. The van der Waals surface area contributed by atoms with Crippen LogP contribution < -0.4 is 15.4 Å². The van der Waals surface area contributed by atoms with Gasteiger partial charge in [0, 0.05) is 35.3 Å². The van der Waals surface area contributed by atoms with Crippen LogP contribution in [-0.4, -0.2) is 48.2 Å². The summed E-state index contributed by atoms with van der Waals surface area (Å²) in [6.07, 6.45) is 2.04. The smallest absolute Gasteiger partial charge is 0.397 e. The van der Waals surface area contributed by atoms with E-state index < -0.39 is 10.4 Å². The zero-order valence-corrected chi connectivity index (χ0v) is 17.8. The molecule has 1 aliphatic rings. The number of anilines is 2. The Morgan fingerprint density at radius 2 is 2.10 bits per heavy atom. The van der Waals surface area contributed by atoms with Crippen LogP contribution in [0.1, 0.15) is 34.7 Å². The van der Waals surface area contributed by atoms with E-state index in [9.17, 15) is 8.42 Å². The Kier molecular flexibility index (Phi) is 6.13. The van der Waals surface area contributed by atoms with Crippen molar-refractivity contribution in [2.24, 2.45) is 0 Å². The van der Waals surface area contributed by atoms with Crippen molar-refractivity contribution >= 4 is 33.8 Å². The second kappa shape index (κ2) is 8.27. The number of hydrogen-bond acceptors (Lipinski definition) is 9. The normalized spacial score (nSPS) is 16.2. The molecule has 1 aliphatic heterocycles. The van der Waals surface area contributed by atoms with E-state index in [0.29, 0.717) is 30.9 Å². The van der Waals surface area contributed by atoms with Crippen LogP contribution >= 0.6 is 11.6 Å². The molecular weight excluding hydrogens is 422 g/mol. The SMILES string of the molecule is COc1c(C)cnc(CN2CC(CCOS(=O)(=O)O)c3c(Cl)nc(N)nc32)c1C. The molecule has 3 rings (SSSR count). The molecule has 0 amide bonds. The predicted octanol–water partition coefficient (Wildman–Crippen LogP) is 2.05. The average molecular weight is 444 g/mol. The first-order valence-corrected chi connectivity index (χ1v) is 10.5. The number of halogens is 1. The van der Waals surface area contributed by atoms with Gasteiger partial charge in [-0.3, -0.25) is 9.54 Å². The molecule has 1 unspecified atom stereocenters. The van der Waals surface area contributed by atoms with Crippen molar-refractivity contribution in [1.29, 1.82) is 0 Å². The Balaban J connectivity index is 1.90. The lowest BCUT2D eigenvalue weighted by molar-refractivity contribution is 0.258. The Morgan fingerprint density at radius 1 is 1.38 bits per heavy atom. The summed E-state index contributed by atoms with van der Waals surface area (Å²) in [5.74, 6) is 1.18. The maximum Gasteiger partial charge on any atom is 0.397 e. The number of hydrogen-bond donors (Lipinski definition) is 2. The minimum absolute atomic E-state index is 0.0414. The van der Waals surface area contributed by atoms with Crippen LogP contribution in [0.5, 0.6) is 5.75 Å². The Bertz CT molecular complexity index is 1030. The number of pyridine rings is 1. The largest absolute Gasteiger partial charge is 0.496 e. The van der Waals surface area contributed by atoms with Crippen molar-refractivity contribution in [2.75, 3.05) is 30.9 Å². The van der Waals surface area contributed by atoms with Gasteiger partial charge in [-0.2, -0.15) is 13.4 Å². The monoisotopic (exact) mass is 443 g/mol. The highest BCUT2D eigenvalue weighted by molar-refractivity contribution is 7.80. The van der Waals surface area contributed by atoms with Gasteiger partial charge in [-0.15, -0.1) is 0 Å². The van der Waals surface area contributed by atoms with Gasteiger partial charge >= 0.3 is 10.4 Å². The van der Waals surface area contributed by atoms with Crippen molar-refractivity contribution in [3.05, 3.63) is 33.7 Å². The van der Waals surface area contributed by atoms with E-state index in [-0.39, 0.29) is 23.6 Å². The fourth-order valence-electron chi connectivity index (χ4n) is 3.56. The standard InChI is InChI=1S/C17H22ClN5O5S/c1-9-6-20-12(10(2)14(9)27-3)8-23-7-11(4-5-28-29(24,25)26)13-15(18)21-17(19)22-16(13)23/h6,11H,4-5,7-8H2,1-3H3,(H2,19,21,22)(H,24,25,26). The zero-order valence-electron chi connectivity index (χ0n) is 16.2. The number of nitrogens with two attached hydrogens (primary N) is 1. The van der Waals surface area contributed by atoms with Gasteiger partial charge in [-0.25, -0.2) is 9.17 Å². The van der Waals surface area contributed by atoms with Gasteiger partial charge in [-0.1, -0.05) is 11.6 Å². The summed E-state index contributed by atoms with van der Waals surface area (Å²) in [6.45, 7) is 4.57. The number of ether oxygens (including phenoxy) is 1. The summed E-state index contributed by atoms with van der Waals surface area (Å²) in [6, 6.07) is 0. The summed E-state index contributed by atoms with van der Waals surface area (Å²) in [5, 5.41) is 0.207. The Labute approximate surface area is 174 Å². The van der Waals surface area contributed by atoms with Crippen molar-refractivity contribution in [1.82, 2.24) is 15.0 Å². The molecular formula is C17H22ClN5O5S. The molecule has 12 heteroatoms. The van der Waals surface area contributed by atoms with E-state index >= 15 is 0 Å². The lowest BCUT2D eigenvalue weighted by atomic mass is 10.0. The second-order valence-corrected chi connectivity index (χ2v) is 8.22. The number of rotatable bonds is 7. The number of methoxy groups -OCH3 is 1. The quantitative estimate of drug-likeness (QED) is 0.482. The van der Waals surface area contributed by atoms with Crippen molar-refractivity contribution in [3.63, 3.8) is 0 Å². The fourth-order valence-corrected chi connectivity index (χ4v) is 4.20. The molecule has 158 valence electrons. The predicted molar refractivity (Wildman–Crippen MR) is 108 cm³/mol. The zero-order chi connectivity index (χ0) is 21.3. The van der Waals surface area contributed by atoms with Crippen LogP contribution in [-0.2, 0) is 21.1 Å². The Morgan fingerprint density at radius 3 is 2.76 bits per heavy atom. The van der Waals surface area contributed by atoms with Gasteiger partial charge in [0.1, 0.15) is 16.7 Å². The van der Waals surface area contributed by atoms with Gasteiger partial charge in [0.15, 0.2) is 0 Å². The fraction of sp³-hybridized carbons (Fsp3) is 0.471. The number of fused-ring (bicyclic) bond motifs is 1. The minimum Gasteiger partial charge on any atom is -0.496 e. The van der Waals surface area contributed by atoms with E-state index in [0.717, 1.165) is 22.6 Å². The van der Waals surface area contributed by atoms with Crippen LogP contribution in [0.15, 0.2) is 6.20 Å². The number of nitrogen functional groups attached to an aromatic ring is 1. The van der Waals surface area contributed by atoms with Crippen molar-refractivity contribution in [2.45, 2.75) is 32.7 Å². The summed E-state index contributed by atoms with van der Waals surface area (Å²) in [5.41, 5.74) is 9.10. The van der Waals surface area contributed by atoms with E-state index in [1.54, 1.807) is 13.3 Å². The molecule has 2 aromatic heterocycles. The van der Waals surface area contributed by atoms with Crippen molar-refractivity contribution < 1.29 is 21.9 Å². The molecule has 1 atom stereocenters. The lowest BCUT2D eigenvalue weighted by Gasteiger charge is -2.21. The number of nitrogens with zero attached hydrogens (tertiary/aromatic N) is 4. The van der Waals surface area contributed by atoms with E-state index in [2.05, 4.69) is 19.1 Å². The van der Waals surface area contributed by atoms with Crippen LogP contribution in [0.25, 0.3) is 0 Å². The first kappa shape index (κ1) is 21.5. The maximum absolute atomic E-state index is 10.8. The van der Waals surface area contributed by atoms with Crippen LogP contribution in [0, 0.1) is 13.8 Å². The third-order valence-electron chi connectivity index (χ3n) is 4.83. The third-order valence-corrected chi connectivity index (χ3v) is 5.59.